The molecule has 7 nitrogen and oxygen atoms in total. The van der Waals surface area contributed by atoms with Crippen LogP contribution in [0, 0.1) is 0 Å². The summed E-state index contributed by atoms with van der Waals surface area (Å²) < 4.78 is 6.08. The third kappa shape index (κ3) is 32.9. The first-order valence-corrected chi connectivity index (χ1v) is 24.1. The van der Waals surface area contributed by atoms with Crippen molar-refractivity contribution < 1.29 is 14.6 Å². The number of nitrogens with zero attached hydrogens (tertiary/aromatic N) is 2. The van der Waals surface area contributed by atoms with E-state index in [-0.39, 0.29) is 18.7 Å². The number of aliphatic hydroxyl groups excluding tert-OH is 1. The average Bonchev–Trinajstić information content (AvgIpc) is 3.64. The Bertz CT molecular complexity index is 809. The summed E-state index contributed by atoms with van der Waals surface area (Å²) in [5.41, 5.74) is 6.98. The van der Waals surface area contributed by atoms with Crippen LogP contribution in [-0.4, -0.2) is 59.9 Å². The van der Waals surface area contributed by atoms with Gasteiger partial charge in [0.15, 0.2) is 0 Å². The smallest absolute Gasteiger partial charge is 0.306 e. The molecule has 0 saturated heterocycles. The Morgan fingerprint density at radius 3 is 1.39 bits per heavy atom. The quantitative estimate of drug-likeness (QED) is 0.0422. The van der Waals surface area contributed by atoms with Crippen LogP contribution >= 0.6 is 0 Å². The Balaban J connectivity index is 2.28. The molecule has 0 atom stereocenters. The van der Waals surface area contributed by atoms with Crippen LogP contribution in [0.15, 0.2) is 11.9 Å². The highest BCUT2D eigenvalue weighted by atomic mass is 16.5. The van der Waals surface area contributed by atoms with Crippen molar-refractivity contribution >= 4 is 5.97 Å². The van der Waals surface area contributed by atoms with Gasteiger partial charge in [0, 0.05) is 19.2 Å². The molecule has 0 fully saturated rings. The average molecular weight is 763 g/mol. The van der Waals surface area contributed by atoms with Crippen molar-refractivity contribution in [3.63, 3.8) is 0 Å². The number of nitrogens with one attached hydrogen (secondary N) is 2. The zero-order valence-corrected chi connectivity index (χ0v) is 36.6. The maximum atomic E-state index is 12.8. The summed E-state index contributed by atoms with van der Waals surface area (Å²) in [5, 5.41) is 11.4. The Labute approximate surface area is 336 Å². The lowest BCUT2D eigenvalue weighted by Crippen LogP contribution is -2.38. The Morgan fingerprint density at radius 2 is 0.963 bits per heavy atom. The number of esters is 1. The maximum Gasteiger partial charge on any atom is 0.306 e. The molecule has 0 saturated carbocycles. The van der Waals surface area contributed by atoms with Crippen LogP contribution in [0.1, 0.15) is 245 Å². The van der Waals surface area contributed by atoms with Gasteiger partial charge >= 0.3 is 5.97 Å². The number of aliphatic hydroxyl groups is 1. The summed E-state index contributed by atoms with van der Waals surface area (Å²) in [7, 11) is 0. The zero-order chi connectivity index (χ0) is 39.0. The van der Waals surface area contributed by atoms with Gasteiger partial charge in [-0.2, -0.15) is 0 Å². The summed E-state index contributed by atoms with van der Waals surface area (Å²) in [6.45, 7) is 11.3. The van der Waals surface area contributed by atoms with Crippen molar-refractivity contribution in [1.82, 2.24) is 20.9 Å². The van der Waals surface area contributed by atoms with Gasteiger partial charge in [0.05, 0.1) is 12.3 Å². The van der Waals surface area contributed by atoms with Gasteiger partial charge in [0.1, 0.15) is 6.10 Å². The second-order valence-corrected chi connectivity index (χ2v) is 16.8. The number of carbonyl (C=O) groups excluding carboxylic acids is 1. The van der Waals surface area contributed by atoms with Crippen molar-refractivity contribution in [2.75, 3.05) is 32.8 Å². The molecule has 0 spiro atoms. The topological polar surface area (TPSA) is 77.1 Å². The van der Waals surface area contributed by atoms with E-state index in [2.05, 4.69) is 36.6 Å². The number of unbranched alkanes of at least 4 members (excludes halogenated alkanes) is 27. The minimum Gasteiger partial charge on any atom is -0.462 e. The molecule has 0 bridgehead atoms. The lowest BCUT2D eigenvalue weighted by atomic mass is 10.0. The number of ether oxygens (including phenoxy) is 1. The molecular formula is C47H94N4O3. The maximum absolute atomic E-state index is 12.8. The largest absolute Gasteiger partial charge is 0.462 e. The SMILES string of the molecule is CCCCCCCCCCCCCCCCN(CCCCCCCC(=O)OC(CCCCCCCC)CCCCCCCC)CCCN1C=C(CO)NN1. The van der Waals surface area contributed by atoms with Gasteiger partial charge in [-0.25, -0.2) is 0 Å². The van der Waals surface area contributed by atoms with Crippen LogP contribution in [0.5, 0.6) is 0 Å². The normalized spacial score (nSPS) is 13.0. The predicted octanol–water partition coefficient (Wildman–Crippen LogP) is 13.1. The molecule has 54 heavy (non-hydrogen) atoms. The highest BCUT2D eigenvalue weighted by molar-refractivity contribution is 5.69. The van der Waals surface area contributed by atoms with Crippen LogP contribution < -0.4 is 11.0 Å². The molecule has 3 N–H and O–H groups in total. The second kappa shape index (κ2) is 39.9. The van der Waals surface area contributed by atoms with Crippen molar-refractivity contribution in [3.05, 3.63) is 11.9 Å². The van der Waals surface area contributed by atoms with Crippen molar-refractivity contribution in [2.24, 2.45) is 0 Å². The highest BCUT2D eigenvalue weighted by Crippen LogP contribution is 2.19. The molecule has 0 aromatic heterocycles. The summed E-state index contributed by atoms with van der Waals surface area (Å²) in [6, 6.07) is 0. The Kier molecular flexibility index (Phi) is 37.5. The fraction of sp³-hybridized carbons (Fsp3) is 0.936. The van der Waals surface area contributed by atoms with Crippen LogP contribution in [-0.2, 0) is 9.53 Å². The first-order valence-electron chi connectivity index (χ1n) is 24.1. The molecule has 1 heterocycles. The predicted molar refractivity (Wildman–Crippen MR) is 233 cm³/mol. The van der Waals surface area contributed by atoms with Gasteiger partial charge in [-0.1, -0.05) is 188 Å². The van der Waals surface area contributed by atoms with E-state index >= 15 is 0 Å². The van der Waals surface area contributed by atoms with Crippen molar-refractivity contribution in [1.29, 1.82) is 0 Å². The number of hydrogen-bond acceptors (Lipinski definition) is 7. The van der Waals surface area contributed by atoms with E-state index in [1.165, 1.54) is 199 Å². The molecule has 0 aromatic carbocycles. The number of rotatable bonds is 43. The fourth-order valence-corrected chi connectivity index (χ4v) is 7.87. The third-order valence-electron chi connectivity index (χ3n) is 11.5. The van der Waals surface area contributed by atoms with Gasteiger partial charge < -0.3 is 20.2 Å². The minimum absolute atomic E-state index is 0.0367. The summed E-state index contributed by atoms with van der Waals surface area (Å²) in [5.74, 6) is 0.0416. The Hall–Kier alpha value is -1.31. The molecule has 1 aliphatic rings. The Morgan fingerprint density at radius 1 is 0.574 bits per heavy atom. The van der Waals surface area contributed by atoms with E-state index in [1.54, 1.807) is 0 Å². The molecule has 0 aromatic rings. The van der Waals surface area contributed by atoms with Crippen LogP contribution in [0.3, 0.4) is 0 Å². The standard InChI is InChI=1S/C47H94N4O3/c1-4-7-10-13-16-17-18-19-20-21-22-23-28-33-39-50(41-35-42-51-43-45(44-52)48-49-51)40-34-29-24-27-32-38-47(53)54-46(36-30-25-14-11-8-5-2)37-31-26-15-12-9-6-3/h43,46,48-49,52H,4-42,44H2,1-3H3. The molecule has 0 amide bonds. The van der Waals surface area contributed by atoms with Gasteiger partial charge in [0.2, 0.25) is 0 Å². The van der Waals surface area contributed by atoms with Gasteiger partial charge in [0.25, 0.3) is 0 Å². The van der Waals surface area contributed by atoms with Gasteiger partial charge in [-0.05, 0) is 71.0 Å². The molecule has 1 aliphatic heterocycles. The van der Waals surface area contributed by atoms with E-state index in [9.17, 15) is 9.90 Å². The molecule has 0 unspecified atom stereocenters. The van der Waals surface area contributed by atoms with E-state index < -0.39 is 0 Å². The lowest BCUT2D eigenvalue weighted by Gasteiger charge is -2.24. The van der Waals surface area contributed by atoms with Gasteiger partial charge in [-0.15, -0.1) is 5.53 Å². The summed E-state index contributed by atoms with van der Waals surface area (Å²) in [6.07, 6.45) is 46.8. The number of hydrazine groups is 2. The summed E-state index contributed by atoms with van der Waals surface area (Å²) in [4.78, 5) is 15.5. The lowest BCUT2D eigenvalue weighted by molar-refractivity contribution is -0.150. The second-order valence-electron chi connectivity index (χ2n) is 16.8. The molecule has 320 valence electrons. The highest BCUT2D eigenvalue weighted by Gasteiger charge is 2.15. The monoisotopic (exact) mass is 763 g/mol. The molecule has 7 heteroatoms. The van der Waals surface area contributed by atoms with Crippen LogP contribution in [0.4, 0.5) is 0 Å². The van der Waals surface area contributed by atoms with E-state index in [4.69, 9.17) is 4.74 Å². The minimum atomic E-state index is 0.0367. The number of carbonyl (C=O) groups is 1. The first kappa shape index (κ1) is 50.7. The van der Waals surface area contributed by atoms with Crippen molar-refractivity contribution in [2.45, 2.75) is 252 Å². The molecule has 0 radical (unpaired) electrons. The molecule has 0 aliphatic carbocycles. The van der Waals surface area contributed by atoms with E-state index in [1.807, 2.05) is 11.2 Å². The zero-order valence-electron chi connectivity index (χ0n) is 36.6. The molecular weight excluding hydrogens is 669 g/mol. The fourth-order valence-electron chi connectivity index (χ4n) is 7.87. The van der Waals surface area contributed by atoms with E-state index in [0.717, 1.165) is 50.9 Å². The van der Waals surface area contributed by atoms with Crippen LogP contribution in [0.2, 0.25) is 0 Å². The first-order chi connectivity index (χ1) is 26.6. The van der Waals surface area contributed by atoms with Crippen molar-refractivity contribution in [3.8, 4) is 0 Å². The van der Waals surface area contributed by atoms with Gasteiger partial charge in [-0.3, -0.25) is 9.80 Å². The number of hydrogen-bond donors (Lipinski definition) is 3. The summed E-state index contributed by atoms with van der Waals surface area (Å²) >= 11 is 0. The third-order valence-corrected chi connectivity index (χ3v) is 11.5. The van der Waals surface area contributed by atoms with Crippen LogP contribution in [0.25, 0.3) is 0 Å². The van der Waals surface area contributed by atoms with E-state index in [0.29, 0.717) is 6.42 Å². The molecule has 1 rings (SSSR count).